The molecule has 0 saturated heterocycles. The molecule has 1 heterocycles. The Morgan fingerprint density at radius 3 is 2.32 bits per heavy atom. The zero-order chi connectivity index (χ0) is 31.4. The number of carbonyl (C=O) groups excluding carboxylic acids is 1. The minimum atomic E-state index is -4.08. The van der Waals surface area contributed by atoms with Crippen LogP contribution < -0.4 is 5.32 Å². The summed E-state index contributed by atoms with van der Waals surface area (Å²) in [5.74, 6) is -6.22. The summed E-state index contributed by atoms with van der Waals surface area (Å²) in [5, 5.41) is 15.2. The molecule has 2 aliphatic carbocycles. The minimum absolute atomic E-state index is 0.0716. The molecule has 2 fully saturated rings. The van der Waals surface area contributed by atoms with Crippen molar-refractivity contribution in [3.8, 4) is 0 Å². The quantitative estimate of drug-likeness (QED) is 0.288. The van der Waals surface area contributed by atoms with Gasteiger partial charge in [0.25, 0.3) is 5.91 Å². The fraction of sp³-hybridized carbons (Fsp3) is 0.344. The van der Waals surface area contributed by atoms with Gasteiger partial charge in [-0.15, -0.1) is 5.06 Å². The van der Waals surface area contributed by atoms with E-state index in [0.717, 1.165) is 17.2 Å². The predicted molar refractivity (Wildman–Crippen MR) is 158 cm³/mol. The zero-order valence-corrected chi connectivity index (χ0v) is 25.2. The maximum absolute atomic E-state index is 14.1. The lowest BCUT2D eigenvalue weighted by atomic mass is 9.71. The van der Waals surface area contributed by atoms with E-state index in [9.17, 15) is 31.5 Å². The fourth-order valence-electron chi connectivity index (χ4n) is 7.23. The first-order chi connectivity index (χ1) is 20.9. The Morgan fingerprint density at radius 2 is 1.68 bits per heavy atom. The highest BCUT2D eigenvalue weighted by Crippen LogP contribution is 2.54. The lowest BCUT2D eigenvalue weighted by molar-refractivity contribution is -0.177. The van der Waals surface area contributed by atoms with Crippen molar-refractivity contribution in [1.82, 2.24) is 5.06 Å². The van der Waals surface area contributed by atoms with Crippen molar-refractivity contribution in [2.24, 2.45) is 11.8 Å². The highest BCUT2D eigenvalue weighted by molar-refractivity contribution is 7.92. The second-order valence-corrected chi connectivity index (χ2v) is 14.4. The summed E-state index contributed by atoms with van der Waals surface area (Å²) >= 11 is 6.38. The van der Waals surface area contributed by atoms with E-state index in [1.807, 2.05) is 37.3 Å². The molecule has 3 aromatic rings. The Labute approximate surface area is 258 Å². The molecule has 0 aromatic heterocycles. The van der Waals surface area contributed by atoms with Gasteiger partial charge in [-0.1, -0.05) is 41.9 Å². The number of sulfone groups is 1. The predicted octanol–water partition coefficient (Wildman–Crippen LogP) is 6.42. The topological polar surface area (TPSA) is 95.9 Å². The summed E-state index contributed by atoms with van der Waals surface area (Å²) in [7, 11) is -4.08. The number of aliphatic hydroxyl groups is 1. The smallest absolute Gasteiger partial charge is 0.255 e. The van der Waals surface area contributed by atoms with Crippen LogP contribution in [0.2, 0.25) is 5.02 Å². The van der Waals surface area contributed by atoms with Crippen molar-refractivity contribution < 1.29 is 36.3 Å². The molecule has 3 aromatic carbocycles. The van der Waals surface area contributed by atoms with Crippen LogP contribution in [0.5, 0.6) is 0 Å². The van der Waals surface area contributed by atoms with Gasteiger partial charge in [0.2, 0.25) is 0 Å². The molecule has 1 amide bonds. The number of hydrogen-bond donors (Lipinski definition) is 2. The van der Waals surface area contributed by atoms with E-state index < -0.39 is 50.1 Å². The van der Waals surface area contributed by atoms with Crippen LogP contribution in [0.4, 0.5) is 18.9 Å². The summed E-state index contributed by atoms with van der Waals surface area (Å²) in [4.78, 5) is 18.5. The number of hydrogen-bond acceptors (Lipinski definition) is 6. The van der Waals surface area contributed by atoms with Crippen LogP contribution in [-0.4, -0.2) is 41.4 Å². The molecular weight excluding hydrogens is 617 g/mol. The molecule has 0 spiro atoms. The second kappa shape index (κ2) is 11.5. The first-order valence-electron chi connectivity index (χ1n) is 14.2. The number of halogens is 4. The molecule has 0 radical (unpaired) electrons. The second-order valence-electron chi connectivity index (χ2n) is 11.9. The molecular formula is C32H30ClF3N2O5S. The van der Waals surface area contributed by atoms with E-state index in [2.05, 4.69) is 5.32 Å². The van der Waals surface area contributed by atoms with Crippen LogP contribution in [0.1, 0.15) is 48.5 Å². The Morgan fingerprint density at radius 1 is 1.05 bits per heavy atom. The van der Waals surface area contributed by atoms with Crippen LogP contribution in [0.3, 0.4) is 0 Å². The van der Waals surface area contributed by atoms with Crippen molar-refractivity contribution in [3.05, 3.63) is 106 Å². The van der Waals surface area contributed by atoms with Crippen LogP contribution in [-0.2, 0) is 21.2 Å². The monoisotopic (exact) mass is 646 g/mol. The number of nitrogens with one attached hydrogen (secondary N) is 1. The summed E-state index contributed by atoms with van der Waals surface area (Å²) in [6.07, 6.45) is 3.30. The SMILES string of the molecule is CC1=CON(Cc2ccccc2)C1C1(O)CC2CCC(C1)C2S(=O)(=O)c1cc(C(=O)Nc2cc(F)c(F)c(F)c2)ccc1Cl. The van der Waals surface area contributed by atoms with E-state index >= 15 is 0 Å². The van der Waals surface area contributed by atoms with Gasteiger partial charge in [-0.3, -0.25) is 4.79 Å². The summed E-state index contributed by atoms with van der Waals surface area (Å²) in [6.45, 7) is 2.34. The standard InChI is InChI=1S/C32H30ClF3N2O5S/c1-18-17-43-38(16-19-5-3-2-4-6-19)30(18)32(40)14-21-7-8-22(15-32)29(21)44(41,42)27-11-20(9-10-24(27)33)31(39)37-23-12-25(34)28(36)26(35)13-23/h2-6,9-13,17,21-22,29-30,40H,7-8,14-16H2,1H3,(H,37,39). The molecule has 2 saturated carbocycles. The fourth-order valence-corrected chi connectivity index (χ4v) is 10.1. The summed E-state index contributed by atoms with van der Waals surface area (Å²) in [6, 6.07) is 14.2. The Kier molecular flexibility index (Phi) is 8.02. The molecule has 12 heteroatoms. The molecule has 3 unspecified atom stereocenters. The third-order valence-electron chi connectivity index (χ3n) is 8.95. The molecule has 2 N–H and O–H groups in total. The number of nitrogens with zero attached hydrogens (tertiary/aromatic N) is 1. The first kappa shape index (κ1) is 30.6. The molecule has 1 aliphatic heterocycles. The van der Waals surface area contributed by atoms with E-state index in [1.54, 1.807) is 11.3 Å². The third-order valence-corrected chi connectivity index (χ3v) is 11.8. The molecule has 7 nitrogen and oxygen atoms in total. The molecule has 3 atom stereocenters. The minimum Gasteiger partial charge on any atom is -0.413 e. The Hall–Kier alpha value is -3.38. The van der Waals surface area contributed by atoms with Crippen molar-refractivity contribution in [3.63, 3.8) is 0 Å². The van der Waals surface area contributed by atoms with Crippen molar-refractivity contribution in [2.45, 2.75) is 60.9 Å². The Bertz CT molecular complexity index is 1720. The van der Waals surface area contributed by atoms with Gasteiger partial charge in [-0.05, 0) is 73.8 Å². The van der Waals surface area contributed by atoms with Crippen molar-refractivity contribution in [2.75, 3.05) is 5.32 Å². The number of amides is 1. The number of hydroxylamine groups is 2. The van der Waals surface area contributed by atoms with Gasteiger partial charge in [0.15, 0.2) is 27.3 Å². The van der Waals surface area contributed by atoms with Crippen molar-refractivity contribution in [1.29, 1.82) is 0 Å². The average molecular weight is 647 g/mol. The van der Waals surface area contributed by atoms with E-state index in [0.29, 0.717) is 31.5 Å². The maximum atomic E-state index is 14.1. The normalized spacial score (nSPS) is 26.7. The van der Waals surface area contributed by atoms with Crippen LogP contribution in [0.25, 0.3) is 0 Å². The Balaban J connectivity index is 1.24. The number of fused-ring (bicyclic) bond motifs is 2. The van der Waals surface area contributed by atoms with Gasteiger partial charge in [-0.2, -0.15) is 0 Å². The maximum Gasteiger partial charge on any atom is 0.255 e. The number of benzene rings is 3. The number of rotatable bonds is 7. The lowest BCUT2D eigenvalue weighted by Gasteiger charge is -2.46. The molecule has 6 rings (SSSR count). The largest absolute Gasteiger partial charge is 0.413 e. The molecule has 3 aliphatic rings. The van der Waals surface area contributed by atoms with Gasteiger partial charge >= 0.3 is 0 Å². The molecule has 44 heavy (non-hydrogen) atoms. The highest BCUT2D eigenvalue weighted by atomic mass is 35.5. The van der Waals surface area contributed by atoms with Gasteiger partial charge in [0.1, 0.15) is 6.26 Å². The van der Waals surface area contributed by atoms with Crippen LogP contribution >= 0.6 is 11.6 Å². The highest BCUT2D eigenvalue weighted by Gasteiger charge is 2.58. The summed E-state index contributed by atoms with van der Waals surface area (Å²) in [5.41, 5.74) is 0.188. The van der Waals surface area contributed by atoms with E-state index in [-0.39, 0.29) is 45.8 Å². The van der Waals surface area contributed by atoms with Gasteiger partial charge < -0.3 is 15.3 Å². The number of anilines is 1. The van der Waals surface area contributed by atoms with E-state index in [1.165, 1.54) is 12.1 Å². The zero-order valence-electron chi connectivity index (χ0n) is 23.6. The van der Waals surface area contributed by atoms with E-state index in [4.69, 9.17) is 16.4 Å². The number of carbonyl (C=O) groups is 1. The van der Waals surface area contributed by atoms with Crippen LogP contribution in [0.15, 0.2) is 77.4 Å². The third kappa shape index (κ3) is 5.51. The molecule has 232 valence electrons. The first-order valence-corrected chi connectivity index (χ1v) is 16.2. The van der Waals surface area contributed by atoms with Gasteiger partial charge in [0.05, 0.1) is 33.4 Å². The van der Waals surface area contributed by atoms with Gasteiger partial charge in [-0.25, -0.2) is 21.6 Å². The van der Waals surface area contributed by atoms with Gasteiger partial charge in [0, 0.05) is 23.4 Å². The lowest BCUT2D eigenvalue weighted by Crippen LogP contribution is -2.56. The van der Waals surface area contributed by atoms with Crippen molar-refractivity contribution >= 4 is 33.0 Å². The average Bonchev–Trinajstić information content (AvgIpc) is 3.49. The van der Waals surface area contributed by atoms with Crippen LogP contribution in [0, 0.1) is 29.3 Å². The summed E-state index contributed by atoms with van der Waals surface area (Å²) < 4.78 is 68.9. The molecule has 2 bridgehead atoms.